The Morgan fingerprint density at radius 2 is 1.81 bits per heavy atom. The standard InChI is InChI=1S/C13H27NO2/c1-6-13(7-2,12(15)16)10-14(5)9-8-11(3)4/h11H,6-10H2,1-5H3,(H,15,16). The molecule has 0 spiro atoms. The van der Waals surface area contributed by atoms with E-state index in [1.54, 1.807) is 0 Å². The summed E-state index contributed by atoms with van der Waals surface area (Å²) in [6.45, 7) is 9.95. The predicted octanol–water partition coefficient (Wildman–Crippen LogP) is 2.86. The van der Waals surface area contributed by atoms with E-state index in [-0.39, 0.29) is 0 Å². The fourth-order valence-electron chi connectivity index (χ4n) is 1.92. The highest BCUT2D eigenvalue weighted by atomic mass is 16.4. The van der Waals surface area contributed by atoms with Gasteiger partial charge in [0.1, 0.15) is 0 Å². The van der Waals surface area contributed by atoms with Crippen LogP contribution in [-0.4, -0.2) is 36.1 Å². The maximum Gasteiger partial charge on any atom is 0.310 e. The molecule has 16 heavy (non-hydrogen) atoms. The zero-order chi connectivity index (χ0) is 12.8. The van der Waals surface area contributed by atoms with E-state index in [1.165, 1.54) is 0 Å². The molecular formula is C13H27NO2. The fourth-order valence-corrected chi connectivity index (χ4v) is 1.92. The molecule has 0 rings (SSSR count). The van der Waals surface area contributed by atoms with Crippen molar-refractivity contribution in [2.75, 3.05) is 20.1 Å². The third-order valence-corrected chi connectivity index (χ3v) is 3.47. The van der Waals surface area contributed by atoms with Crippen molar-refractivity contribution in [1.29, 1.82) is 0 Å². The lowest BCUT2D eigenvalue weighted by Crippen LogP contribution is -2.41. The van der Waals surface area contributed by atoms with Crippen LogP contribution in [0.5, 0.6) is 0 Å². The van der Waals surface area contributed by atoms with Gasteiger partial charge in [-0.3, -0.25) is 4.79 Å². The number of carboxylic acids is 1. The molecule has 0 saturated heterocycles. The molecule has 0 aliphatic carbocycles. The van der Waals surface area contributed by atoms with Crippen LogP contribution in [0.2, 0.25) is 0 Å². The normalized spacial score (nSPS) is 12.4. The third-order valence-electron chi connectivity index (χ3n) is 3.47. The lowest BCUT2D eigenvalue weighted by Gasteiger charge is -2.32. The SMILES string of the molecule is CCC(CC)(CN(C)CCC(C)C)C(=O)O. The van der Waals surface area contributed by atoms with Crippen LogP contribution in [0, 0.1) is 11.3 Å². The molecule has 0 fully saturated rings. The number of aliphatic carboxylic acids is 1. The van der Waals surface area contributed by atoms with Crippen molar-refractivity contribution in [2.24, 2.45) is 11.3 Å². The minimum Gasteiger partial charge on any atom is -0.481 e. The average molecular weight is 229 g/mol. The molecule has 0 aliphatic rings. The van der Waals surface area contributed by atoms with Gasteiger partial charge in [0.15, 0.2) is 0 Å². The highest BCUT2D eigenvalue weighted by Crippen LogP contribution is 2.27. The molecule has 0 atom stereocenters. The molecule has 0 aliphatic heterocycles. The molecule has 96 valence electrons. The lowest BCUT2D eigenvalue weighted by atomic mass is 9.82. The monoisotopic (exact) mass is 229 g/mol. The molecule has 0 aromatic carbocycles. The first-order valence-corrected chi connectivity index (χ1v) is 6.30. The van der Waals surface area contributed by atoms with Crippen LogP contribution in [0.15, 0.2) is 0 Å². The van der Waals surface area contributed by atoms with Crippen LogP contribution in [0.1, 0.15) is 47.0 Å². The molecule has 0 saturated carbocycles. The molecule has 0 heterocycles. The number of carbonyl (C=O) groups is 1. The summed E-state index contributed by atoms with van der Waals surface area (Å²) in [5.74, 6) is 0.0128. The summed E-state index contributed by atoms with van der Waals surface area (Å²) in [4.78, 5) is 13.5. The maximum absolute atomic E-state index is 11.3. The van der Waals surface area contributed by atoms with Gasteiger partial charge in [0.05, 0.1) is 5.41 Å². The van der Waals surface area contributed by atoms with E-state index in [0.717, 1.165) is 13.0 Å². The minimum atomic E-state index is -0.658. The van der Waals surface area contributed by atoms with Gasteiger partial charge >= 0.3 is 5.97 Å². The molecule has 3 nitrogen and oxygen atoms in total. The van der Waals surface area contributed by atoms with E-state index in [1.807, 2.05) is 20.9 Å². The second kappa shape index (κ2) is 6.89. The smallest absolute Gasteiger partial charge is 0.310 e. The van der Waals surface area contributed by atoms with Crippen molar-refractivity contribution in [3.05, 3.63) is 0 Å². The Morgan fingerprint density at radius 1 is 1.31 bits per heavy atom. The number of nitrogens with zero attached hydrogens (tertiary/aromatic N) is 1. The Kier molecular flexibility index (Phi) is 6.65. The summed E-state index contributed by atoms with van der Waals surface area (Å²) in [6.07, 6.45) is 2.52. The van der Waals surface area contributed by atoms with Gasteiger partial charge in [-0.25, -0.2) is 0 Å². The van der Waals surface area contributed by atoms with Crippen LogP contribution >= 0.6 is 0 Å². The van der Waals surface area contributed by atoms with E-state index < -0.39 is 11.4 Å². The van der Waals surface area contributed by atoms with Crippen LogP contribution < -0.4 is 0 Å². The van der Waals surface area contributed by atoms with Crippen molar-refractivity contribution < 1.29 is 9.90 Å². The maximum atomic E-state index is 11.3. The summed E-state index contributed by atoms with van der Waals surface area (Å²) < 4.78 is 0. The molecule has 0 unspecified atom stereocenters. The van der Waals surface area contributed by atoms with E-state index >= 15 is 0 Å². The van der Waals surface area contributed by atoms with Gasteiger partial charge in [0.2, 0.25) is 0 Å². The van der Waals surface area contributed by atoms with Gasteiger partial charge in [-0.05, 0) is 38.8 Å². The first-order valence-electron chi connectivity index (χ1n) is 6.30. The molecule has 3 heteroatoms. The molecule has 1 N–H and O–H groups in total. The van der Waals surface area contributed by atoms with Gasteiger partial charge in [-0.15, -0.1) is 0 Å². The van der Waals surface area contributed by atoms with E-state index in [9.17, 15) is 9.90 Å². The highest BCUT2D eigenvalue weighted by Gasteiger charge is 2.35. The minimum absolute atomic E-state index is 0.564. The summed E-state index contributed by atoms with van der Waals surface area (Å²) in [6, 6.07) is 0. The number of rotatable bonds is 8. The average Bonchev–Trinajstić information content (AvgIpc) is 2.22. The van der Waals surface area contributed by atoms with Crippen LogP contribution in [0.25, 0.3) is 0 Å². The van der Waals surface area contributed by atoms with Crippen LogP contribution in [0.4, 0.5) is 0 Å². The van der Waals surface area contributed by atoms with Gasteiger partial charge in [-0.1, -0.05) is 27.7 Å². The quantitative estimate of drug-likeness (QED) is 0.695. The van der Waals surface area contributed by atoms with Crippen molar-refractivity contribution in [1.82, 2.24) is 4.90 Å². The lowest BCUT2D eigenvalue weighted by molar-refractivity contribution is -0.150. The molecule has 0 radical (unpaired) electrons. The van der Waals surface area contributed by atoms with Crippen LogP contribution in [0.3, 0.4) is 0 Å². The van der Waals surface area contributed by atoms with E-state index in [0.29, 0.717) is 25.3 Å². The summed E-state index contributed by atoms with van der Waals surface area (Å²) >= 11 is 0. The second-order valence-electron chi connectivity index (χ2n) is 5.21. The van der Waals surface area contributed by atoms with Gasteiger partial charge in [-0.2, -0.15) is 0 Å². The van der Waals surface area contributed by atoms with E-state index in [2.05, 4.69) is 18.7 Å². The fraction of sp³-hybridized carbons (Fsp3) is 0.923. The molecule has 0 aromatic heterocycles. The van der Waals surface area contributed by atoms with E-state index in [4.69, 9.17) is 0 Å². The van der Waals surface area contributed by atoms with Crippen molar-refractivity contribution >= 4 is 5.97 Å². The van der Waals surface area contributed by atoms with Gasteiger partial charge in [0, 0.05) is 6.54 Å². The topological polar surface area (TPSA) is 40.5 Å². The number of hydrogen-bond acceptors (Lipinski definition) is 2. The van der Waals surface area contributed by atoms with Gasteiger partial charge < -0.3 is 10.0 Å². The first kappa shape index (κ1) is 15.4. The Morgan fingerprint density at radius 3 is 2.12 bits per heavy atom. The second-order valence-corrected chi connectivity index (χ2v) is 5.21. The van der Waals surface area contributed by atoms with Crippen molar-refractivity contribution in [2.45, 2.75) is 47.0 Å². The van der Waals surface area contributed by atoms with Gasteiger partial charge in [0.25, 0.3) is 0 Å². The number of hydrogen-bond donors (Lipinski definition) is 1. The Hall–Kier alpha value is -0.570. The Labute approximate surface area is 99.8 Å². The van der Waals surface area contributed by atoms with Crippen LogP contribution in [-0.2, 0) is 4.79 Å². The highest BCUT2D eigenvalue weighted by molar-refractivity contribution is 5.74. The molecule has 0 amide bonds. The molecule has 0 bridgehead atoms. The van der Waals surface area contributed by atoms with Crippen molar-refractivity contribution in [3.8, 4) is 0 Å². The first-order chi connectivity index (χ1) is 7.38. The third kappa shape index (κ3) is 4.52. The summed E-state index contributed by atoms with van der Waals surface area (Å²) in [5, 5.41) is 9.32. The molecule has 0 aromatic rings. The molecular weight excluding hydrogens is 202 g/mol. The summed E-state index contributed by atoms with van der Waals surface area (Å²) in [7, 11) is 2.02. The largest absolute Gasteiger partial charge is 0.481 e. The van der Waals surface area contributed by atoms with Crippen molar-refractivity contribution in [3.63, 3.8) is 0 Å². The zero-order valence-electron chi connectivity index (χ0n) is 11.4. The predicted molar refractivity (Wildman–Crippen MR) is 67.6 cm³/mol. The number of carboxylic acid groups (broad SMARTS) is 1. The Balaban J connectivity index is 4.34. The summed E-state index contributed by atoms with van der Waals surface area (Å²) in [5.41, 5.74) is -0.564. The Bertz CT molecular complexity index is 210. The zero-order valence-corrected chi connectivity index (χ0v) is 11.4.